The highest BCUT2D eigenvalue weighted by atomic mass is 35.5. The highest BCUT2D eigenvalue weighted by Crippen LogP contribution is 2.26. The Morgan fingerprint density at radius 1 is 1.21 bits per heavy atom. The van der Waals surface area contributed by atoms with Gasteiger partial charge in [0.15, 0.2) is 11.5 Å². The SMILES string of the molecule is CCNC(=O)c1c(NC[C@H](N)Cc2ccccc2)nc(C(=O)OC)n1Cc1ccc(O)c(Cl)c1. The van der Waals surface area contributed by atoms with E-state index in [1.807, 2.05) is 30.3 Å². The number of amides is 1. The summed E-state index contributed by atoms with van der Waals surface area (Å²) in [6.45, 7) is 2.60. The topological polar surface area (TPSA) is 132 Å². The maximum absolute atomic E-state index is 13.0. The molecule has 0 unspecified atom stereocenters. The van der Waals surface area contributed by atoms with Crippen molar-refractivity contribution in [2.75, 3.05) is 25.5 Å². The number of carbonyl (C=O) groups is 2. The molecular weight excluding hydrogens is 458 g/mol. The van der Waals surface area contributed by atoms with Gasteiger partial charge in [-0.05, 0) is 36.6 Å². The molecule has 0 fully saturated rings. The van der Waals surface area contributed by atoms with Crippen LogP contribution in [0.2, 0.25) is 5.02 Å². The van der Waals surface area contributed by atoms with E-state index in [9.17, 15) is 14.7 Å². The summed E-state index contributed by atoms with van der Waals surface area (Å²) >= 11 is 6.05. The number of aromatic hydroxyl groups is 1. The number of benzene rings is 2. The molecule has 34 heavy (non-hydrogen) atoms. The minimum absolute atomic E-state index is 0.0490. The van der Waals surface area contributed by atoms with E-state index in [0.29, 0.717) is 25.1 Å². The number of hydrogen-bond donors (Lipinski definition) is 4. The van der Waals surface area contributed by atoms with E-state index in [4.69, 9.17) is 22.1 Å². The number of nitrogens with one attached hydrogen (secondary N) is 2. The predicted octanol–water partition coefficient (Wildman–Crippen LogP) is 2.81. The van der Waals surface area contributed by atoms with E-state index in [2.05, 4.69) is 15.6 Å². The number of carbonyl (C=O) groups excluding carboxylic acids is 2. The first-order valence-corrected chi connectivity index (χ1v) is 11.2. The van der Waals surface area contributed by atoms with Gasteiger partial charge in [-0.15, -0.1) is 0 Å². The Labute approximate surface area is 202 Å². The molecule has 0 saturated heterocycles. The third-order valence-electron chi connectivity index (χ3n) is 5.11. The van der Waals surface area contributed by atoms with Crippen molar-refractivity contribution in [1.82, 2.24) is 14.9 Å². The average Bonchev–Trinajstić information content (AvgIpc) is 3.18. The van der Waals surface area contributed by atoms with Crippen LogP contribution in [0.15, 0.2) is 48.5 Å². The smallest absolute Gasteiger partial charge is 0.374 e. The summed E-state index contributed by atoms with van der Waals surface area (Å²) in [5.41, 5.74) is 8.21. The van der Waals surface area contributed by atoms with Gasteiger partial charge in [0, 0.05) is 19.1 Å². The molecule has 0 spiro atoms. The van der Waals surface area contributed by atoms with Crippen LogP contribution in [0.1, 0.15) is 39.2 Å². The normalized spacial score (nSPS) is 11.6. The van der Waals surface area contributed by atoms with Gasteiger partial charge in [0.25, 0.3) is 5.91 Å². The quantitative estimate of drug-likeness (QED) is 0.325. The summed E-state index contributed by atoms with van der Waals surface area (Å²) in [6.07, 6.45) is 0.626. The van der Waals surface area contributed by atoms with Gasteiger partial charge in [0.05, 0.1) is 18.7 Å². The van der Waals surface area contributed by atoms with Gasteiger partial charge in [0.2, 0.25) is 5.82 Å². The van der Waals surface area contributed by atoms with Crippen molar-refractivity contribution in [3.05, 3.63) is 76.2 Å². The van der Waals surface area contributed by atoms with Crippen LogP contribution in [-0.2, 0) is 17.7 Å². The van der Waals surface area contributed by atoms with Crippen molar-refractivity contribution in [2.45, 2.75) is 25.9 Å². The molecule has 0 radical (unpaired) electrons. The fraction of sp³-hybridized carbons (Fsp3) is 0.292. The number of aromatic nitrogens is 2. The van der Waals surface area contributed by atoms with Gasteiger partial charge >= 0.3 is 5.97 Å². The van der Waals surface area contributed by atoms with Gasteiger partial charge in [-0.25, -0.2) is 9.78 Å². The Morgan fingerprint density at radius 2 is 1.94 bits per heavy atom. The Morgan fingerprint density at radius 3 is 2.59 bits per heavy atom. The maximum Gasteiger partial charge on any atom is 0.374 e. The molecule has 1 heterocycles. The first kappa shape index (κ1) is 25.1. The number of anilines is 1. The predicted molar refractivity (Wildman–Crippen MR) is 130 cm³/mol. The zero-order valence-electron chi connectivity index (χ0n) is 19.0. The molecule has 0 bridgehead atoms. The van der Waals surface area contributed by atoms with Crippen molar-refractivity contribution in [2.24, 2.45) is 5.73 Å². The zero-order valence-corrected chi connectivity index (χ0v) is 19.8. The van der Waals surface area contributed by atoms with Crippen LogP contribution >= 0.6 is 11.6 Å². The van der Waals surface area contributed by atoms with E-state index in [0.717, 1.165) is 5.56 Å². The number of phenolic OH excluding ortho intramolecular Hbond substituents is 1. The lowest BCUT2D eigenvalue weighted by atomic mass is 10.1. The van der Waals surface area contributed by atoms with Gasteiger partial charge < -0.3 is 30.8 Å². The van der Waals surface area contributed by atoms with E-state index < -0.39 is 11.9 Å². The fourth-order valence-electron chi connectivity index (χ4n) is 3.50. The molecule has 0 aliphatic rings. The lowest BCUT2D eigenvalue weighted by Gasteiger charge is -2.15. The summed E-state index contributed by atoms with van der Waals surface area (Å²) in [4.78, 5) is 29.9. The molecule has 0 aliphatic carbocycles. The highest BCUT2D eigenvalue weighted by molar-refractivity contribution is 6.32. The number of methoxy groups -OCH3 is 1. The minimum Gasteiger partial charge on any atom is -0.506 e. The molecule has 1 amide bonds. The van der Waals surface area contributed by atoms with Crippen LogP contribution in [0, 0.1) is 0 Å². The van der Waals surface area contributed by atoms with Crippen LogP contribution in [-0.4, -0.2) is 52.8 Å². The number of halogens is 1. The molecule has 1 atom stereocenters. The minimum atomic E-state index is -0.697. The van der Waals surface area contributed by atoms with E-state index in [1.165, 1.54) is 17.7 Å². The monoisotopic (exact) mass is 485 g/mol. The molecule has 3 rings (SSSR count). The number of nitrogens with zero attached hydrogens (tertiary/aromatic N) is 2. The van der Waals surface area contributed by atoms with E-state index in [1.54, 1.807) is 19.1 Å². The van der Waals surface area contributed by atoms with Crippen molar-refractivity contribution in [3.8, 4) is 5.75 Å². The molecular formula is C24H28ClN5O4. The number of nitrogens with two attached hydrogens (primary N) is 1. The second-order valence-electron chi connectivity index (χ2n) is 7.69. The first-order valence-electron chi connectivity index (χ1n) is 10.8. The van der Waals surface area contributed by atoms with Crippen molar-refractivity contribution in [3.63, 3.8) is 0 Å². The van der Waals surface area contributed by atoms with Crippen LogP contribution in [0.3, 0.4) is 0 Å². The number of ether oxygens (including phenoxy) is 1. The Balaban J connectivity index is 1.94. The van der Waals surface area contributed by atoms with E-state index >= 15 is 0 Å². The summed E-state index contributed by atoms with van der Waals surface area (Å²) in [7, 11) is 1.24. The molecule has 0 aliphatic heterocycles. The van der Waals surface area contributed by atoms with E-state index in [-0.39, 0.29) is 40.7 Å². The van der Waals surface area contributed by atoms with Gasteiger partial charge in [-0.1, -0.05) is 48.0 Å². The molecule has 1 aromatic heterocycles. The first-order chi connectivity index (χ1) is 16.3. The molecule has 9 nitrogen and oxygen atoms in total. The highest BCUT2D eigenvalue weighted by Gasteiger charge is 2.27. The second kappa shape index (κ2) is 11.5. The molecule has 0 saturated carbocycles. The lowest BCUT2D eigenvalue weighted by Crippen LogP contribution is -2.32. The molecule has 3 aromatic rings. The number of esters is 1. The Bertz CT molecular complexity index is 1150. The summed E-state index contributed by atoms with van der Waals surface area (Å²) in [6, 6.07) is 14.2. The van der Waals surface area contributed by atoms with Crippen LogP contribution in [0.25, 0.3) is 0 Å². The van der Waals surface area contributed by atoms with Gasteiger partial charge in [-0.2, -0.15) is 0 Å². The lowest BCUT2D eigenvalue weighted by molar-refractivity contribution is 0.0581. The zero-order chi connectivity index (χ0) is 24.7. The number of hydrogen-bond acceptors (Lipinski definition) is 7. The van der Waals surface area contributed by atoms with Gasteiger partial charge in [-0.3, -0.25) is 4.79 Å². The average molecular weight is 486 g/mol. The van der Waals surface area contributed by atoms with Crippen molar-refractivity contribution < 1.29 is 19.4 Å². The standard InChI is InChI=1S/C24H28ClN5O4/c1-3-27-23(32)20-21(28-13-17(26)11-15-7-5-4-6-8-15)29-22(24(33)34-2)30(20)14-16-9-10-19(31)18(25)12-16/h4-10,12,17,28,31H,3,11,13-14,26H2,1-2H3,(H,27,32)/t17-/m1/s1. The second-order valence-corrected chi connectivity index (χ2v) is 8.09. The Kier molecular flexibility index (Phi) is 8.50. The van der Waals surface area contributed by atoms with Crippen LogP contribution < -0.4 is 16.4 Å². The van der Waals surface area contributed by atoms with Crippen molar-refractivity contribution in [1.29, 1.82) is 0 Å². The summed E-state index contributed by atoms with van der Waals surface area (Å²) in [5.74, 6) is -0.999. The van der Waals surface area contributed by atoms with Crippen molar-refractivity contribution >= 4 is 29.3 Å². The largest absolute Gasteiger partial charge is 0.506 e. The fourth-order valence-corrected chi connectivity index (χ4v) is 3.70. The molecule has 5 N–H and O–H groups in total. The summed E-state index contributed by atoms with van der Waals surface area (Å²) < 4.78 is 6.36. The maximum atomic E-state index is 13.0. The molecule has 180 valence electrons. The number of imidazole rings is 1. The Hall–Kier alpha value is -3.56. The molecule has 2 aromatic carbocycles. The van der Waals surface area contributed by atoms with Crippen LogP contribution in [0.5, 0.6) is 5.75 Å². The summed E-state index contributed by atoms with van der Waals surface area (Å²) in [5, 5.41) is 15.8. The van der Waals surface area contributed by atoms with Crippen LogP contribution in [0.4, 0.5) is 5.82 Å². The van der Waals surface area contributed by atoms with Gasteiger partial charge in [0.1, 0.15) is 5.75 Å². The third-order valence-corrected chi connectivity index (χ3v) is 5.42. The number of phenols is 1. The molecule has 10 heteroatoms. The third kappa shape index (κ3) is 6.06. The number of rotatable bonds is 10.